The van der Waals surface area contributed by atoms with Crippen molar-refractivity contribution in [3.05, 3.63) is 64.6 Å². The van der Waals surface area contributed by atoms with Gasteiger partial charge in [-0.2, -0.15) is 0 Å². The van der Waals surface area contributed by atoms with E-state index in [1.54, 1.807) is 12.1 Å². The van der Waals surface area contributed by atoms with E-state index >= 15 is 0 Å². The Labute approximate surface area is 137 Å². The molecule has 2 rings (SSSR count). The van der Waals surface area contributed by atoms with Gasteiger partial charge in [0.25, 0.3) is 5.91 Å². The third-order valence-electron chi connectivity index (χ3n) is 2.93. The number of anilines is 1. The van der Waals surface area contributed by atoms with Crippen molar-refractivity contribution < 1.29 is 14.3 Å². The summed E-state index contributed by atoms with van der Waals surface area (Å²) < 4.78 is 5.83. The van der Waals surface area contributed by atoms with Crippen molar-refractivity contribution in [2.45, 2.75) is 12.8 Å². The molecule has 0 aromatic heterocycles. The van der Waals surface area contributed by atoms with E-state index in [9.17, 15) is 9.59 Å². The second-order valence-electron chi connectivity index (χ2n) is 4.70. The number of ether oxygens (including phenoxy) is 1. The second kappa shape index (κ2) is 8.34. The zero-order valence-electron chi connectivity index (χ0n) is 11.9. The van der Waals surface area contributed by atoms with Gasteiger partial charge in [-0.25, -0.2) is 0 Å². The molecule has 1 amide bonds. The smallest absolute Gasteiger partial charge is 0.306 e. The van der Waals surface area contributed by atoms with Gasteiger partial charge in [0.1, 0.15) is 0 Å². The van der Waals surface area contributed by atoms with Crippen LogP contribution in [0.1, 0.15) is 12.0 Å². The average Bonchev–Trinajstić information content (AvgIpc) is 2.52. The highest BCUT2D eigenvalue weighted by molar-refractivity contribution is 9.10. The monoisotopic (exact) mass is 361 g/mol. The maximum atomic E-state index is 11.7. The van der Waals surface area contributed by atoms with Gasteiger partial charge in [0.15, 0.2) is 6.61 Å². The minimum absolute atomic E-state index is 0.258. The maximum absolute atomic E-state index is 11.7. The van der Waals surface area contributed by atoms with E-state index in [0.29, 0.717) is 12.1 Å². The highest BCUT2D eigenvalue weighted by atomic mass is 79.9. The Morgan fingerprint density at radius 1 is 1.05 bits per heavy atom. The fourth-order valence-corrected chi connectivity index (χ4v) is 2.27. The predicted octanol–water partition coefficient (Wildman–Crippen LogP) is 3.56. The standard InChI is InChI=1S/C17H16BrNO3/c18-14-7-4-8-15(11-14)19-16(20)12-22-17(21)10-9-13-5-2-1-3-6-13/h1-8,11H,9-10,12H2,(H,19,20). The molecule has 0 aliphatic rings. The lowest BCUT2D eigenvalue weighted by Gasteiger charge is -2.07. The Morgan fingerprint density at radius 3 is 2.55 bits per heavy atom. The molecule has 0 unspecified atom stereocenters. The van der Waals surface area contributed by atoms with E-state index in [2.05, 4.69) is 21.2 Å². The lowest BCUT2D eigenvalue weighted by molar-refractivity contribution is -0.147. The third kappa shape index (κ3) is 5.69. The van der Waals surface area contributed by atoms with E-state index in [1.165, 1.54) is 0 Å². The highest BCUT2D eigenvalue weighted by Gasteiger charge is 2.08. The first-order valence-corrected chi connectivity index (χ1v) is 7.68. The van der Waals surface area contributed by atoms with Crippen molar-refractivity contribution in [3.63, 3.8) is 0 Å². The molecule has 0 atom stereocenters. The van der Waals surface area contributed by atoms with Crippen LogP contribution in [0.4, 0.5) is 5.69 Å². The molecule has 0 fully saturated rings. The van der Waals surface area contributed by atoms with Gasteiger partial charge in [0, 0.05) is 16.6 Å². The Kier molecular flexibility index (Phi) is 6.15. The number of esters is 1. The molecule has 0 radical (unpaired) electrons. The largest absolute Gasteiger partial charge is 0.456 e. The molecule has 1 N–H and O–H groups in total. The van der Waals surface area contributed by atoms with Gasteiger partial charge in [0.05, 0.1) is 0 Å². The van der Waals surface area contributed by atoms with Gasteiger partial charge in [-0.3, -0.25) is 9.59 Å². The van der Waals surface area contributed by atoms with Crippen molar-refractivity contribution in [2.24, 2.45) is 0 Å². The molecule has 2 aromatic carbocycles. The molecule has 0 heterocycles. The molecule has 0 aliphatic carbocycles. The van der Waals surface area contributed by atoms with E-state index in [4.69, 9.17) is 4.74 Å². The molecule has 22 heavy (non-hydrogen) atoms. The van der Waals surface area contributed by atoms with Gasteiger partial charge >= 0.3 is 5.97 Å². The highest BCUT2D eigenvalue weighted by Crippen LogP contribution is 2.15. The van der Waals surface area contributed by atoms with Gasteiger partial charge in [-0.05, 0) is 30.2 Å². The number of rotatable bonds is 6. The number of amides is 1. The summed E-state index contributed by atoms with van der Waals surface area (Å²) in [6, 6.07) is 16.9. The molecule has 0 saturated heterocycles. The van der Waals surface area contributed by atoms with Crippen LogP contribution >= 0.6 is 15.9 Å². The van der Waals surface area contributed by atoms with Crippen LogP contribution in [0.3, 0.4) is 0 Å². The minimum Gasteiger partial charge on any atom is -0.456 e. The van der Waals surface area contributed by atoms with Gasteiger partial charge in [-0.1, -0.05) is 52.3 Å². The lowest BCUT2D eigenvalue weighted by atomic mass is 10.1. The molecule has 114 valence electrons. The minimum atomic E-state index is -0.381. The molecule has 0 bridgehead atoms. The van der Waals surface area contributed by atoms with E-state index in [-0.39, 0.29) is 24.9 Å². The summed E-state index contributed by atoms with van der Waals surface area (Å²) in [7, 11) is 0. The predicted molar refractivity (Wildman–Crippen MR) is 88.5 cm³/mol. The second-order valence-corrected chi connectivity index (χ2v) is 5.62. The summed E-state index contributed by atoms with van der Waals surface area (Å²) in [6.07, 6.45) is 0.862. The summed E-state index contributed by atoms with van der Waals surface area (Å²) >= 11 is 3.32. The fourth-order valence-electron chi connectivity index (χ4n) is 1.87. The van der Waals surface area contributed by atoms with E-state index in [0.717, 1.165) is 10.0 Å². The molecule has 0 spiro atoms. The van der Waals surface area contributed by atoms with Crippen LogP contribution in [-0.4, -0.2) is 18.5 Å². The third-order valence-corrected chi connectivity index (χ3v) is 3.43. The maximum Gasteiger partial charge on any atom is 0.306 e. The normalized spacial score (nSPS) is 10.0. The first kappa shape index (κ1) is 16.2. The molecule has 5 heteroatoms. The zero-order chi connectivity index (χ0) is 15.8. The summed E-state index contributed by atoms with van der Waals surface area (Å²) in [5, 5.41) is 2.67. The van der Waals surface area contributed by atoms with Crippen LogP contribution in [-0.2, 0) is 20.7 Å². The summed E-state index contributed by atoms with van der Waals surface area (Å²) in [4.78, 5) is 23.3. The van der Waals surface area contributed by atoms with Gasteiger partial charge in [0.2, 0.25) is 0 Å². The summed E-state index contributed by atoms with van der Waals surface area (Å²) in [6.45, 7) is -0.278. The zero-order valence-corrected chi connectivity index (χ0v) is 13.5. The quantitative estimate of drug-likeness (QED) is 0.800. The Morgan fingerprint density at radius 2 is 1.82 bits per heavy atom. The van der Waals surface area contributed by atoms with Crippen LogP contribution < -0.4 is 5.32 Å². The Hall–Kier alpha value is -2.14. The van der Waals surface area contributed by atoms with Crippen molar-refractivity contribution >= 4 is 33.5 Å². The van der Waals surface area contributed by atoms with Gasteiger partial charge < -0.3 is 10.1 Å². The molecular weight excluding hydrogens is 346 g/mol. The number of carbonyl (C=O) groups is 2. The number of aryl methyl sites for hydroxylation is 1. The van der Waals surface area contributed by atoms with Crippen molar-refractivity contribution in [2.75, 3.05) is 11.9 Å². The first-order valence-electron chi connectivity index (χ1n) is 6.88. The van der Waals surface area contributed by atoms with Crippen molar-refractivity contribution in [1.29, 1.82) is 0 Å². The molecule has 4 nitrogen and oxygen atoms in total. The SMILES string of the molecule is O=C(COC(=O)CCc1ccccc1)Nc1cccc(Br)c1. The number of halogens is 1. The van der Waals surface area contributed by atoms with Crippen LogP contribution in [0, 0.1) is 0 Å². The van der Waals surface area contributed by atoms with Crippen LogP contribution in [0.5, 0.6) is 0 Å². The fraction of sp³-hybridized carbons (Fsp3) is 0.176. The molecule has 0 aliphatic heterocycles. The van der Waals surface area contributed by atoms with Crippen LogP contribution in [0.2, 0.25) is 0 Å². The summed E-state index contributed by atoms with van der Waals surface area (Å²) in [5.74, 6) is -0.737. The lowest BCUT2D eigenvalue weighted by Crippen LogP contribution is -2.21. The Bertz CT molecular complexity index is 643. The number of hydrogen-bond donors (Lipinski definition) is 1. The molecular formula is C17H16BrNO3. The number of benzene rings is 2. The molecule has 0 saturated carbocycles. The number of nitrogens with one attached hydrogen (secondary N) is 1. The Balaban J connectivity index is 1.70. The molecule has 2 aromatic rings. The summed E-state index contributed by atoms with van der Waals surface area (Å²) in [5.41, 5.74) is 1.72. The topological polar surface area (TPSA) is 55.4 Å². The van der Waals surface area contributed by atoms with Gasteiger partial charge in [-0.15, -0.1) is 0 Å². The van der Waals surface area contributed by atoms with Crippen molar-refractivity contribution in [1.82, 2.24) is 0 Å². The first-order chi connectivity index (χ1) is 10.6. The number of carbonyl (C=O) groups excluding carboxylic acids is 2. The van der Waals surface area contributed by atoms with Crippen LogP contribution in [0.25, 0.3) is 0 Å². The number of hydrogen-bond acceptors (Lipinski definition) is 3. The van der Waals surface area contributed by atoms with Crippen LogP contribution in [0.15, 0.2) is 59.1 Å². The van der Waals surface area contributed by atoms with E-state index < -0.39 is 0 Å². The van der Waals surface area contributed by atoms with E-state index in [1.807, 2.05) is 42.5 Å². The average molecular weight is 362 g/mol. The van der Waals surface area contributed by atoms with Crippen molar-refractivity contribution in [3.8, 4) is 0 Å².